The fourth-order valence-electron chi connectivity index (χ4n) is 11.4. The van der Waals surface area contributed by atoms with Gasteiger partial charge in [0.1, 0.15) is 18.2 Å². The Labute approximate surface area is 226 Å². The van der Waals surface area contributed by atoms with E-state index < -0.39 is 0 Å². The van der Waals surface area contributed by atoms with Crippen LogP contribution < -0.4 is 0 Å². The summed E-state index contributed by atoms with van der Waals surface area (Å²) in [7, 11) is 2.46. The number of likely N-dealkylation sites (N-methyl/N-ethyl adjacent to an activating group) is 1. The molecule has 0 aromatic heterocycles. The van der Waals surface area contributed by atoms with E-state index in [1.165, 1.54) is 103 Å². The molecule has 10 atom stereocenters. The molecular formula is C32H55N2O3+. The molecule has 2 aliphatic heterocycles. The summed E-state index contributed by atoms with van der Waals surface area (Å²) in [6, 6.07) is 0.817. The summed E-state index contributed by atoms with van der Waals surface area (Å²) in [6.45, 7) is 11.6. The second kappa shape index (κ2) is 9.77. The molecule has 0 spiro atoms. The number of nitrogens with zero attached hydrogens (tertiary/aromatic N) is 2. The van der Waals surface area contributed by atoms with Gasteiger partial charge in [-0.05, 0) is 113 Å². The van der Waals surface area contributed by atoms with Gasteiger partial charge in [0.05, 0.1) is 20.1 Å². The maximum Gasteiger partial charge on any atom is 0.302 e. The molecular weight excluding hydrogens is 460 g/mol. The fraction of sp³-hybridized carbons (Fsp3) is 0.969. The van der Waals surface area contributed by atoms with E-state index >= 15 is 0 Å². The van der Waals surface area contributed by atoms with Crippen LogP contribution in [-0.2, 0) is 9.53 Å². The van der Waals surface area contributed by atoms with Crippen molar-refractivity contribution in [3.63, 3.8) is 0 Å². The SMILES string of the molecule is CC(=O)O[C@H]1C[C@@H]2CCC3C4C[C@H]([N+]5(C)CCCCC5)[C@H](O)[C@@]4(C)CCC3[C@@]2(C)C[C@@H]1N1CCCCC1. The van der Waals surface area contributed by atoms with Crippen LogP contribution in [0.5, 0.6) is 0 Å². The Morgan fingerprint density at radius 1 is 0.919 bits per heavy atom. The summed E-state index contributed by atoms with van der Waals surface area (Å²) in [5.74, 6) is 2.74. The highest BCUT2D eigenvalue weighted by Crippen LogP contribution is 2.67. The Morgan fingerprint density at radius 3 is 2.32 bits per heavy atom. The number of piperidine rings is 2. The van der Waals surface area contributed by atoms with E-state index in [0.717, 1.165) is 22.7 Å². The van der Waals surface area contributed by atoms with Crippen molar-refractivity contribution in [3.8, 4) is 0 Å². The van der Waals surface area contributed by atoms with E-state index in [1.54, 1.807) is 6.92 Å². The number of fused-ring (bicyclic) bond motifs is 5. The molecule has 6 rings (SSSR count). The van der Waals surface area contributed by atoms with Gasteiger partial charge in [-0.3, -0.25) is 9.69 Å². The average molecular weight is 516 g/mol. The third-order valence-electron chi connectivity index (χ3n) is 13.4. The van der Waals surface area contributed by atoms with Crippen molar-refractivity contribution in [3.05, 3.63) is 0 Å². The third kappa shape index (κ3) is 4.32. The minimum atomic E-state index is -0.145. The van der Waals surface area contributed by atoms with Gasteiger partial charge in [0, 0.05) is 24.8 Å². The molecule has 37 heavy (non-hydrogen) atoms. The van der Waals surface area contributed by atoms with Crippen molar-refractivity contribution in [1.82, 2.24) is 4.90 Å². The molecule has 6 fully saturated rings. The molecule has 4 aliphatic carbocycles. The van der Waals surface area contributed by atoms with E-state index in [0.29, 0.717) is 29.3 Å². The largest absolute Gasteiger partial charge is 0.461 e. The molecule has 0 aromatic carbocycles. The third-order valence-corrected chi connectivity index (χ3v) is 13.4. The van der Waals surface area contributed by atoms with E-state index in [2.05, 4.69) is 25.8 Å². The predicted octanol–water partition coefficient (Wildman–Crippen LogP) is 5.40. The van der Waals surface area contributed by atoms with Crippen LogP contribution in [0.2, 0.25) is 0 Å². The Kier molecular flexibility index (Phi) is 7.01. The maximum absolute atomic E-state index is 12.1. The number of hydrogen-bond acceptors (Lipinski definition) is 4. The van der Waals surface area contributed by atoms with Gasteiger partial charge in [-0.2, -0.15) is 0 Å². The van der Waals surface area contributed by atoms with Crippen LogP contribution in [0.4, 0.5) is 0 Å². The van der Waals surface area contributed by atoms with Gasteiger partial charge < -0.3 is 14.3 Å². The first-order valence-electron chi connectivity index (χ1n) is 16.1. The Morgan fingerprint density at radius 2 is 1.62 bits per heavy atom. The number of aliphatic hydroxyl groups excluding tert-OH is 1. The molecule has 0 radical (unpaired) electrons. The number of ether oxygens (including phenoxy) is 1. The number of rotatable bonds is 3. The van der Waals surface area contributed by atoms with Crippen molar-refractivity contribution in [2.45, 2.75) is 129 Å². The van der Waals surface area contributed by atoms with Crippen LogP contribution in [0.1, 0.15) is 104 Å². The van der Waals surface area contributed by atoms with Gasteiger partial charge in [0.2, 0.25) is 0 Å². The van der Waals surface area contributed by atoms with Crippen molar-refractivity contribution in [1.29, 1.82) is 0 Å². The van der Waals surface area contributed by atoms with Gasteiger partial charge in [-0.25, -0.2) is 0 Å². The Hall–Kier alpha value is -0.650. The number of esters is 1. The predicted molar refractivity (Wildman–Crippen MR) is 147 cm³/mol. The summed E-state index contributed by atoms with van der Waals surface area (Å²) < 4.78 is 7.18. The van der Waals surface area contributed by atoms with Gasteiger partial charge in [0.15, 0.2) is 0 Å². The molecule has 1 N–H and O–H groups in total. The Balaban J connectivity index is 1.26. The van der Waals surface area contributed by atoms with Crippen molar-refractivity contribution >= 4 is 5.97 Å². The lowest BCUT2D eigenvalue weighted by molar-refractivity contribution is -0.940. The number of aliphatic hydroxyl groups is 1. The molecule has 6 aliphatic rings. The highest BCUT2D eigenvalue weighted by atomic mass is 16.5. The van der Waals surface area contributed by atoms with E-state index in [-0.39, 0.29) is 23.6 Å². The lowest BCUT2D eigenvalue weighted by Gasteiger charge is -2.62. The summed E-state index contributed by atoms with van der Waals surface area (Å²) >= 11 is 0. The first-order valence-corrected chi connectivity index (χ1v) is 16.1. The monoisotopic (exact) mass is 515 g/mol. The molecule has 0 bridgehead atoms. The summed E-state index contributed by atoms with van der Waals surface area (Å²) in [5, 5.41) is 11.9. The van der Waals surface area contributed by atoms with Crippen molar-refractivity contribution < 1.29 is 19.1 Å². The minimum absolute atomic E-state index is 0.0697. The number of hydrogen-bond donors (Lipinski definition) is 1. The Bertz CT molecular complexity index is 851. The number of likely N-dealkylation sites (tertiary alicyclic amines) is 2. The van der Waals surface area contributed by atoms with Gasteiger partial charge >= 0.3 is 5.97 Å². The smallest absolute Gasteiger partial charge is 0.302 e. The molecule has 5 nitrogen and oxygen atoms in total. The molecule has 0 amide bonds. The lowest BCUT2D eigenvalue weighted by atomic mass is 9.44. The standard InChI is InChI=1S/C32H55N2O3/c1-22(35)37-29-19-23-11-12-24-25(32(23,3)21-27(29)33-15-7-5-8-16-33)13-14-31(2)26(24)20-28(30(31)36)34(4)17-9-6-10-18-34/h23-30,36H,5-21H2,1-4H3/q+1/t23-,24?,25?,26?,27-,28-,29-,30-,31-,32-/m0/s1. The quantitative estimate of drug-likeness (QED) is 0.404. The highest BCUT2D eigenvalue weighted by molar-refractivity contribution is 5.66. The van der Waals surface area contributed by atoms with Gasteiger partial charge in [-0.15, -0.1) is 0 Å². The van der Waals surface area contributed by atoms with E-state index in [4.69, 9.17) is 4.74 Å². The molecule has 5 heteroatoms. The topological polar surface area (TPSA) is 49.8 Å². The highest BCUT2D eigenvalue weighted by Gasteiger charge is 2.66. The van der Waals surface area contributed by atoms with Crippen LogP contribution in [0.3, 0.4) is 0 Å². The van der Waals surface area contributed by atoms with Crippen molar-refractivity contribution in [2.75, 3.05) is 33.2 Å². The second-order valence-electron chi connectivity index (χ2n) is 15.2. The summed E-state index contributed by atoms with van der Waals surface area (Å²) in [5.41, 5.74) is 0.421. The summed E-state index contributed by atoms with van der Waals surface area (Å²) in [6.07, 6.45) is 16.4. The number of quaternary nitrogens is 1. The van der Waals surface area contributed by atoms with Crippen LogP contribution in [0, 0.1) is 34.5 Å². The average Bonchev–Trinajstić information content (AvgIpc) is 3.16. The van der Waals surface area contributed by atoms with Crippen LogP contribution in [-0.4, -0.2) is 78.0 Å². The van der Waals surface area contributed by atoms with Gasteiger partial charge in [0.25, 0.3) is 0 Å². The lowest BCUT2D eigenvalue weighted by Crippen LogP contribution is -2.61. The van der Waals surface area contributed by atoms with Crippen LogP contribution in [0.15, 0.2) is 0 Å². The van der Waals surface area contributed by atoms with Crippen LogP contribution >= 0.6 is 0 Å². The van der Waals surface area contributed by atoms with Gasteiger partial charge in [-0.1, -0.05) is 20.3 Å². The zero-order valence-corrected chi connectivity index (χ0v) is 24.3. The number of carbonyl (C=O) groups is 1. The van der Waals surface area contributed by atoms with E-state index in [1.807, 2.05) is 0 Å². The molecule has 2 saturated heterocycles. The molecule has 3 unspecified atom stereocenters. The van der Waals surface area contributed by atoms with E-state index in [9.17, 15) is 9.90 Å². The first kappa shape index (κ1) is 26.6. The molecule has 2 heterocycles. The molecule has 4 saturated carbocycles. The first-order chi connectivity index (χ1) is 17.7. The van der Waals surface area contributed by atoms with Crippen molar-refractivity contribution in [2.24, 2.45) is 34.5 Å². The molecule has 0 aromatic rings. The summed E-state index contributed by atoms with van der Waals surface area (Å²) in [4.78, 5) is 14.8. The zero-order chi connectivity index (χ0) is 26.0. The minimum Gasteiger partial charge on any atom is -0.461 e. The fourth-order valence-corrected chi connectivity index (χ4v) is 11.4. The van der Waals surface area contributed by atoms with Crippen LogP contribution in [0.25, 0.3) is 0 Å². The number of carbonyl (C=O) groups excluding carboxylic acids is 1. The molecule has 210 valence electrons. The normalized spacial score (nSPS) is 50.0. The zero-order valence-electron chi connectivity index (χ0n) is 24.3. The second-order valence-corrected chi connectivity index (χ2v) is 15.2. The maximum atomic E-state index is 12.1.